The lowest BCUT2D eigenvalue weighted by molar-refractivity contribution is -0.120. The lowest BCUT2D eigenvalue weighted by atomic mass is 10.0. The molecule has 5 nitrogen and oxygen atoms in total. The average molecular weight is 461 g/mol. The maximum Gasteiger partial charge on any atom is 0.282 e. The molecule has 1 heterocycles. The number of benzene rings is 3. The molecule has 1 aliphatic heterocycles. The fourth-order valence-electron chi connectivity index (χ4n) is 3.71. The van der Waals surface area contributed by atoms with Crippen molar-refractivity contribution in [2.75, 3.05) is 10.2 Å². The van der Waals surface area contributed by atoms with Crippen molar-refractivity contribution >= 4 is 40.4 Å². The van der Waals surface area contributed by atoms with Crippen LogP contribution in [-0.2, 0) is 9.59 Å². The Bertz CT molecular complexity index is 1250. The van der Waals surface area contributed by atoms with Crippen LogP contribution >= 0.6 is 11.6 Å². The highest BCUT2D eigenvalue weighted by Crippen LogP contribution is 2.36. The van der Waals surface area contributed by atoms with Gasteiger partial charge in [-0.1, -0.05) is 47.5 Å². The van der Waals surface area contributed by atoms with Crippen molar-refractivity contribution in [2.45, 2.75) is 33.8 Å². The van der Waals surface area contributed by atoms with Crippen LogP contribution in [0.25, 0.3) is 5.57 Å². The second-order valence-electron chi connectivity index (χ2n) is 8.31. The third-order valence-electron chi connectivity index (χ3n) is 5.33. The normalized spacial score (nSPS) is 13.8. The van der Waals surface area contributed by atoms with Gasteiger partial charge in [0.1, 0.15) is 11.4 Å². The standard InChI is InChI=1S/C27H25ClN2O3/c1-16(2)33-22-13-11-21(12-14-22)29-25-24(19-8-5-17(3)6-9-19)26(31)30(27(25)32)23-15-20(28)10-7-18(23)4/h5-16,29H,1-4H3. The van der Waals surface area contributed by atoms with Crippen molar-refractivity contribution in [3.05, 3.63) is 94.1 Å². The number of hydrogen-bond donors (Lipinski definition) is 1. The number of anilines is 2. The average Bonchev–Trinajstić information content (AvgIpc) is 3.01. The molecule has 0 radical (unpaired) electrons. The van der Waals surface area contributed by atoms with Crippen molar-refractivity contribution in [3.63, 3.8) is 0 Å². The molecular weight excluding hydrogens is 436 g/mol. The highest BCUT2D eigenvalue weighted by Gasteiger charge is 2.40. The zero-order valence-corrected chi connectivity index (χ0v) is 19.7. The number of nitrogens with zero attached hydrogens (tertiary/aromatic N) is 1. The first-order valence-electron chi connectivity index (χ1n) is 10.7. The van der Waals surface area contributed by atoms with Crippen molar-refractivity contribution < 1.29 is 14.3 Å². The van der Waals surface area contributed by atoms with Crippen LogP contribution in [0.15, 0.2) is 72.4 Å². The lowest BCUT2D eigenvalue weighted by Crippen LogP contribution is -2.33. The molecule has 0 aliphatic carbocycles. The Kier molecular flexibility index (Phi) is 6.25. The minimum Gasteiger partial charge on any atom is -0.491 e. The molecule has 0 saturated heterocycles. The van der Waals surface area contributed by atoms with Gasteiger partial charge >= 0.3 is 0 Å². The molecule has 1 N–H and O–H groups in total. The van der Waals surface area contributed by atoms with E-state index in [4.69, 9.17) is 16.3 Å². The van der Waals surface area contributed by atoms with E-state index in [0.29, 0.717) is 27.5 Å². The summed E-state index contributed by atoms with van der Waals surface area (Å²) in [5.74, 6) is -0.0896. The molecule has 33 heavy (non-hydrogen) atoms. The van der Waals surface area contributed by atoms with Crippen LogP contribution < -0.4 is 15.0 Å². The molecule has 0 spiro atoms. The van der Waals surface area contributed by atoms with Crippen LogP contribution in [0.1, 0.15) is 30.5 Å². The Morgan fingerprint density at radius 2 is 1.55 bits per heavy atom. The second kappa shape index (κ2) is 9.12. The molecule has 0 aromatic heterocycles. The van der Waals surface area contributed by atoms with Gasteiger partial charge in [0.05, 0.1) is 17.4 Å². The molecular formula is C27H25ClN2O3. The number of nitrogens with one attached hydrogen (secondary N) is 1. The summed E-state index contributed by atoms with van der Waals surface area (Å²) in [4.78, 5) is 28.3. The summed E-state index contributed by atoms with van der Waals surface area (Å²) in [5, 5.41) is 3.63. The highest BCUT2D eigenvalue weighted by atomic mass is 35.5. The maximum absolute atomic E-state index is 13.6. The van der Waals surface area contributed by atoms with E-state index in [1.165, 1.54) is 4.90 Å². The molecule has 168 valence electrons. The molecule has 0 unspecified atom stereocenters. The van der Waals surface area contributed by atoms with Gasteiger partial charge in [0.25, 0.3) is 11.8 Å². The number of amides is 2. The summed E-state index contributed by atoms with van der Waals surface area (Å²) in [6.45, 7) is 7.73. The number of ether oxygens (including phenoxy) is 1. The van der Waals surface area contributed by atoms with Crippen molar-refractivity contribution in [3.8, 4) is 5.75 Å². The minimum absolute atomic E-state index is 0.0585. The van der Waals surface area contributed by atoms with Crippen molar-refractivity contribution in [1.29, 1.82) is 0 Å². The van der Waals surface area contributed by atoms with Gasteiger partial charge in [-0.05, 0) is 75.2 Å². The fraction of sp³-hybridized carbons (Fsp3) is 0.185. The molecule has 4 rings (SSSR count). The van der Waals surface area contributed by atoms with Gasteiger partial charge in [0.2, 0.25) is 0 Å². The van der Waals surface area contributed by atoms with E-state index in [2.05, 4.69) is 5.32 Å². The summed E-state index contributed by atoms with van der Waals surface area (Å²) >= 11 is 6.19. The van der Waals surface area contributed by atoms with Crippen LogP contribution in [0.4, 0.5) is 11.4 Å². The number of rotatable bonds is 6. The number of hydrogen-bond acceptors (Lipinski definition) is 4. The van der Waals surface area contributed by atoms with Gasteiger partial charge in [-0.2, -0.15) is 0 Å². The van der Waals surface area contributed by atoms with Crippen LogP contribution in [0.3, 0.4) is 0 Å². The lowest BCUT2D eigenvalue weighted by Gasteiger charge is -2.18. The number of halogens is 1. The van der Waals surface area contributed by atoms with Gasteiger partial charge in [0, 0.05) is 10.7 Å². The highest BCUT2D eigenvalue weighted by molar-refractivity contribution is 6.46. The van der Waals surface area contributed by atoms with E-state index in [1.54, 1.807) is 18.2 Å². The molecule has 3 aromatic rings. The van der Waals surface area contributed by atoms with Crippen molar-refractivity contribution in [1.82, 2.24) is 0 Å². The summed E-state index contributed by atoms with van der Waals surface area (Å²) in [6, 6.07) is 20.0. The summed E-state index contributed by atoms with van der Waals surface area (Å²) in [6.07, 6.45) is 0.0585. The molecule has 0 saturated carbocycles. The summed E-state index contributed by atoms with van der Waals surface area (Å²) in [5.41, 5.74) is 4.21. The van der Waals surface area contributed by atoms with Gasteiger partial charge in [0.15, 0.2) is 0 Å². The Labute approximate surface area is 198 Å². The molecule has 1 aliphatic rings. The van der Waals surface area contributed by atoms with Crippen LogP contribution in [0.5, 0.6) is 5.75 Å². The topological polar surface area (TPSA) is 58.6 Å². The van der Waals surface area contributed by atoms with Gasteiger partial charge < -0.3 is 10.1 Å². The second-order valence-corrected chi connectivity index (χ2v) is 8.74. The Hall–Kier alpha value is -3.57. The quantitative estimate of drug-likeness (QED) is 0.449. The SMILES string of the molecule is Cc1ccc(C2=C(Nc3ccc(OC(C)C)cc3)C(=O)N(c3cc(Cl)ccc3C)C2=O)cc1. The first-order valence-corrected chi connectivity index (χ1v) is 11.1. The van der Waals surface area contributed by atoms with E-state index in [-0.39, 0.29) is 11.8 Å². The molecule has 0 bridgehead atoms. The van der Waals surface area contributed by atoms with E-state index in [9.17, 15) is 9.59 Å². The Balaban J connectivity index is 1.77. The third-order valence-corrected chi connectivity index (χ3v) is 5.57. The maximum atomic E-state index is 13.6. The van der Waals surface area contributed by atoms with Gasteiger partial charge in [-0.3, -0.25) is 9.59 Å². The molecule has 0 atom stereocenters. The van der Waals surface area contributed by atoms with Gasteiger partial charge in [-0.25, -0.2) is 4.90 Å². The number of carbonyl (C=O) groups is 2. The Morgan fingerprint density at radius 1 is 0.879 bits per heavy atom. The van der Waals surface area contributed by atoms with Gasteiger partial charge in [-0.15, -0.1) is 0 Å². The number of carbonyl (C=O) groups excluding carboxylic acids is 2. The van der Waals surface area contributed by atoms with Crippen LogP contribution in [-0.4, -0.2) is 17.9 Å². The predicted octanol–water partition coefficient (Wildman–Crippen LogP) is 6.14. The molecule has 0 fully saturated rings. The molecule has 6 heteroatoms. The number of aryl methyl sites for hydroxylation is 2. The Morgan fingerprint density at radius 3 is 2.18 bits per heavy atom. The number of imide groups is 1. The fourth-order valence-corrected chi connectivity index (χ4v) is 3.88. The largest absolute Gasteiger partial charge is 0.491 e. The first-order chi connectivity index (χ1) is 15.7. The zero-order chi connectivity index (χ0) is 23.7. The summed E-state index contributed by atoms with van der Waals surface area (Å²) < 4.78 is 5.70. The van der Waals surface area contributed by atoms with Crippen LogP contribution in [0.2, 0.25) is 5.02 Å². The van der Waals surface area contributed by atoms with Crippen molar-refractivity contribution in [2.24, 2.45) is 0 Å². The van der Waals surface area contributed by atoms with E-state index < -0.39 is 11.8 Å². The smallest absolute Gasteiger partial charge is 0.282 e. The van der Waals surface area contributed by atoms with E-state index in [1.807, 2.05) is 76.2 Å². The molecule has 2 amide bonds. The first kappa shape index (κ1) is 22.6. The predicted molar refractivity (Wildman–Crippen MR) is 133 cm³/mol. The minimum atomic E-state index is -0.427. The third kappa shape index (κ3) is 4.64. The van der Waals surface area contributed by atoms with Crippen LogP contribution in [0, 0.1) is 13.8 Å². The molecule has 3 aromatic carbocycles. The monoisotopic (exact) mass is 460 g/mol. The zero-order valence-electron chi connectivity index (χ0n) is 19.0. The summed E-state index contributed by atoms with van der Waals surface area (Å²) in [7, 11) is 0. The van der Waals surface area contributed by atoms with E-state index in [0.717, 1.165) is 16.9 Å². The van der Waals surface area contributed by atoms with E-state index >= 15 is 0 Å².